The van der Waals surface area contributed by atoms with Gasteiger partial charge in [-0.3, -0.25) is 4.79 Å². The molecule has 0 radical (unpaired) electrons. The van der Waals surface area contributed by atoms with E-state index in [4.69, 9.17) is 10.7 Å². The molecule has 0 bridgehead atoms. The Balaban J connectivity index is 3.22. The zero-order valence-electron chi connectivity index (χ0n) is 8.96. The van der Waals surface area contributed by atoms with Gasteiger partial charge in [0.05, 0.1) is 12.1 Å². The van der Waals surface area contributed by atoms with Crippen molar-refractivity contribution in [3.63, 3.8) is 0 Å². The lowest BCUT2D eigenvalue weighted by Crippen LogP contribution is -2.29. The monoisotopic (exact) mass is 319 g/mol. The normalized spacial score (nSPS) is 11.7. The summed E-state index contributed by atoms with van der Waals surface area (Å²) in [6, 6.07) is 0.656. The molecule has 0 aliphatic carbocycles. The number of rotatable bonds is 4. The van der Waals surface area contributed by atoms with Gasteiger partial charge in [-0.25, -0.2) is 26.0 Å². The SMILES string of the molecule is O=C(NCC(F)F)c1cc(F)cc(S(=O)(=O)Cl)c1F. The van der Waals surface area contributed by atoms with Crippen LogP contribution in [0.2, 0.25) is 0 Å². The van der Waals surface area contributed by atoms with Crippen LogP contribution in [0.1, 0.15) is 10.4 Å². The highest BCUT2D eigenvalue weighted by Gasteiger charge is 2.24. The van der Waals surface area contributed by atoms with Gasteiger partial charge in [0.2, 0.25) is 0 Å². The van der Waals surface area contributed by atoms with Crippen LogP contribution in [-0.2, 0) is 9.05 Å². The van der Waals surface area contributed by atoms with Crippen molar-refractivity contribution in [2.24, 2.45) is 0 Å². The lowest BCUT2D eigenvalue weighted by atomic mass is 10.2. The van der Waals surface area contributed by atoms with E-state index in [0.29, 0.717) is 6.07 Å². The highest BCUT2D eigenvalue weighted by atomic mass is 35.7. The molecule has 4 nitrogen and oxygen atoms in total. The second-order valence-corrected chi connectivity index (χ2v) is 5.84. The summed E-state index contributed by atoms with van der Waals surface area (Å²) < 4.78 is 72.4. The Labute approximate surface area is 109 Å². The van der Waals surface area contributed by atoms with Crippen molar-refractivity contribution >= 4 is 25.6 Å². The van der Waals surface area contributed by atoms with Crippen LogP contribution in [-0.4, -0.2) is 27.3 Å². The van der Waals surface area contributed by atoms with E-state index in [1.54, 1.807) is 5.32 Å². The Morgan fingerprint density at radius 2 is 1.89 bits per heavy atom. The number of halogens is 5. The van der Waals surface area contributed by atoms with Gasteiger partial charge >= 0.3 is 0 Å². The van der Waals surface area contributed by atoms with Gasteiger partial charge in [-0.15, -0.1) is 0 Å². The molecular weight excluding hydrogens is 314 g/mol. The van der Waals surface area contributed by atoms with Crippen LogP contribution < -0.4 is 5.32 Å². The second kappa shape index (κ2) is 5.74. The summed E-state index contributed by atoms with van der Waals surface area (Å²) in [6.45, 7) is -1.09. The van der Waals surface area contributed by atoms with Gasteiger partial charge in [0.25, 0.3) is 21.4 Å². The van der Waals surface area contributed by atoms with Gasteiger partial charge in [-0.1, -0.05) is 0 Å². The molecule has 0 spiro atoms. The first kappa shape index (κ1) is 15.7. The molecule has 1 N–H and O–H groups in total. The molecule has 0 aliphatic heterocycles. The van der Waals surface area contributed by atoms with Gasteiger partial charge in [0.1, 0.15) is 10.7 Å². The number of amides is 1. The van der Waals surface area contributed by atoms with Crippen LogP contribution in [0.5, 0.6) is 0 Å². The maximum atomic E-state index is 13.6. The van der Waals surface area contributed by atoms with Crippen molar-refractivity contribution in [1.82, 2.24) is 5.32 Å². The quantitative estimate of drug-likeness (QED) is 0.681. The maximum absolute atomic E-state index is 13.6. The molecule has 0 atom stereocenters. The summed E-state index contributed by atoms with van der Waals surface area (Å²) in [4.78, 5) is 10.1. The fraction of sp³-hybridized carbons (Fsp3) is 0.222. The van der Waals surface area contributed by atoms with Crippen molar-refractivity contribution in [3.05, 3.63) is 29.3 Å². The Morgan fingerprint density at radius 1 is 1.32 bits per heavy atom. The minimum atomic E-state index is -4.61. The predicted octanol–water partition coefficient (Wildman–Crippen LogP) is 1.89. The van der Waals surface area contributed by atoms with Crippen molar-refractivity contribution in [2.45, 2.75) is 11.3 Å². The van der Waals surface area contributed by atoms with E-state index in [1.807, 2.05) is 0 Å². The number of hydrogen-bond donors (Lipinski definition) is 1. The molecule has 106 valence electrons. The lowest BCUT2D eigenvalue weighted by molar-refractivity contribution is 0.0886. The maximum Gasteiger partial charge on any atom is 0.264 e. The summed E-state index contributed by atoms with van der Waals surface area (Å²) in [6.07, 6.45) is -2.89. The van der Waals surface area contributed by atoms with E-state index in [2.05, 4.69) is 0 Å². The molecule has 0 unspecified atom stereocenters. The zero-order chi connectivity index (χ0) is 14.8. The molecule has 1 amide bonds. The van der Waals surface area contributed by atoms with Gasteiger partial charge in [0.15, 0.2) is 5.82 Å². The summed E-state index contributed by atoms with van der Waals surface area (Å²) in [5.41, 5.74) is -1.03. The van der Waals surface area contributed by atoms with Gasteiger partial charge in [0, 0.05) is 10.7 Å². The molecular formula is C9H6ClF4NO3S. The van der Waals surface area contributed by atoms with Crippen molar-refractivity contribution in [3.8, 4) is 0 Å². The topological polar surface area (TPSA) is 63.2 Å². The van der Waals surface area contributed by atoms with E-state index < -0.39 is 50.0 Å². The minimum Gasteiger partial charge on any atom is -0.346 e. The first-order valence-electron chi connectivity index (χ1n) is 4.63. The molecule has 19 heavy (non-hydrogen) atoms. The van der Waals surface area contributed by atoms with E-state index in [1.165, 1.54) is 0 Å². The third kappa shape index (κ3) is 4.06. The Bertz CT molecular complexity index is 606. The van der Waals surface area contributed by atoms with Crippen molar-refractivity contribution in [2.75, 3.05) is 6.54 Å². The Morgan fingerprint density at radius 3 is 2.37 bits per heavy atom. The van der Waals surface area contributed by atoms with E-state index in [-0.39, 0.29) is 6.07 Å². The van der Waals surface area contributed by atoms with Gasteiger partial charge < -0.3 is 5.32 Å². The number of nitrogens with one attached hydrogen (secondary N) is 1. The number of alkyl halides is 2. The molecule has 0 heterocycles. The third-order valence-electron chi connectivity index (χ3n) is 1.93. The van der Waals surface area contributed by atoms with Crippen LogP contribution in [0.15, 0.2) is 17.0 Å². The smallest absolute Gasteiger partial charge is 0.264 e. The van der Waals surface area contributed by atoms with Gasteiger partial charge in [-0.05, 0) is 12.1 Å². The van der Waals surface area contributed by atoms with E-state index in [9.17, 15) is 30.8 Å². The Kier molecular flexibility index (Phi) is 4.75. The molecule has 0 aromatic heterocycles. The lowest BCUT2D eigenvalue weighted by Gasteiger charge is -2.08. The third-order valence-corrected chi connectivity index (χ3v) is 3.25. The molecule has 10 heteroatoms. The molecule has 0 saturated carbocycles. The molecule has 1 aromatic rings. The van der Waals surface area contributed by atoms with Crippen LogP contribution in [0.3, 0.4) is 0 Å². The summed E-state index contributed by atoms with van der Waals surface area (Å²) in [5, 5.41) is 1.61. The summed E-state index contributed by atoms with van der Waals surface area (Å²) >= 11 is 0. The zero-order valence-corrected chi connectivity index (χ0v) is 10.5. The van der Waals surface area contributed by atoms with E-state index in [0.717, 1.165) is 0 Å². The van der Waals surface area contributed by atoms with Crippen LogP contribution in [0.4, 0.5) is 17.6 Å². The van der Waals surface area contributed by atoms with Crippen LogP contribution >= 0.6 is 10.7 Å². The summed E-state index contributed by atoms with van der Waals surface area (Å²) in [7, 11) is 0.240. The number of benzene rings is 1. The van der Waals surface area contributed by atoms with Gasteiger partial charge in [-0.2, -0.15) is 0 Å². The van der Waals surface area contributed by atoms with E-state index >= 15 is 0 Å². The predicted molar refractivity (Wildman–Crippen MR) is 57.7 cm³/mol. The molecule has 1 rings (SSSR count). The van der Waals surface area contributed by atoms with Crippen LogP contribution in [0, 0.1) is 11.6 Å². The molecule has 1 aromatic carbocycles. The number of hydrogen-bond acceptors (Lipinski definition) is 3. The first-order chi connectivity index (χ1) is 8.62. The minimum absolute atomic E-state index is 0.279. The second-order valence-electron chi connectivity index (χ2n) is 3.30. The molecule has 0 fully saturated rings. The largest absolute Gasteiger partial charge is 0.346 e. The fourth-order valence-corrected chi connectivity index (χ4v) is 2.09. The highest BCUT2D eigenvalue weighted by molar-refractivity contribution is 8.13. The summed E-state index contributed by atoms with van der Waals surface area (Å²) in [5.74, 6) is -4.23. The van der Waals surface area contributed by atoms with Crippen LogP contribution in [0.25, 0.3) is 0 Å². The number of carbonyl (C=O) groups excluding carboxylic acids is 1. The first-order valence-corrected chi connectivity index (χ1v) is 6.94. The average Bonchev–Trinajstić information content (AvgIpc) is 2.27. The Hall–Kier alpha value is -1.35. The number of carbonyl (C=O) groups is 1. The van der Waals surface area contributed by atoms with Crippen molar-refractivity contribution in [1.29, 1.82) is 0 Å². The molecule has 0 aliphatic rings. The standard InChI is InChI=1S/C9H6ClF4NO3S/c10-19(17,18)6-2-4(11)1-5(8(6)14)9(16)15-3-7(12)13/h1-2,7H,3H2,(H,15,16). The molecule has 0 saturated heterocycles. The average molecular weight is 320 g/mol. The van der Waals surface area contributed by atoms with Crippen molar-refractivity contribution < 1.29 is 30.8 Å². The highest BCUT2D eigenvalue weighted by Crippen LogP contribution is 2.23. The fourth-order valence-electron chi connectivity index (χ4n) is 1.17.